The zero-order chi connectivity index (χ0) is 18.1. The fourth-order valence-corrected chi connectivity index (χ4v) is 4.41. The first-order valence-corrected chi connectivity index (χ1v) is 9.69. The average molecular weight is 447 g/mol. The molecule has 0 amide bonds. The summed E-state index contributed by atoms with van der Waals surface area (Å²) >= 11 is 1.68. The fourth-order valence-electron chi connectivity index (χ4n) is 3.49. The number of amidine groups is 1. The number of piperazine rings is 1. The van der Waals surface area contributed by atoms with Gasteiger partial charge in [0.25, 0.3) is 0 Å². The van der Waals surface area contributed by atoms with Crippen LogP contribution in [0.2, 0.25) is 0 Å². The zero-order valence-electron chi connectivity index (χ0n) is 15.8. The number of rotatable bonds is 3. The number of ether oxygens (including phenoxy) is 1. The Morgan fingerprint density at radius 2 is 2.14 bits per heavy atom. The largest absolute Gasteiger partial charge is 0.385 e. The number of aliphatic imine (C=N–C) groups is 1. The van der Waals surface area contributed by atoms with Crippen LogP contribution in [-0.2, 0) is 4.74 Å². The highest BCUT2D eigenvalue weighted by Gasteiger charge is 2.27. The third-order valence-corrected chi connectivity index (χ3v) is 5.72. The predicted molar refractivity (Wildman–Crippen MR) is 119 cm³/mol. The fraction of sp³-hybridized carbons (Fsp3) is 0.421. The maximum Gasteiger partial charge on any atom is 0.139 e. The number of nitrogens with zero attached hydrogens (tertiary/aromatic N) is 2. The van der Waals surface area contributed by atoms with Crippen LogP contribution < -0.4 is 10.6 Å². The van der Waals surface area contributed by atoms with Crippen LogP contribution >= 0.6 is 36.2 Å². The van der Waals surface area contributed by atoms with Crippen molar-refractivity contribution in [1.29, 1.82) is 0 Å². The Morgan fingerprint density at radius 1 is 1.32 bits per heavy atom. The van der Waals surface area contributed by atoms with Gasteiger partial charge in [-0.15, -0.1) is 36.2 Å². The standard InChI is InChI=1S/C19H23FN4OS.2ClH/c1-12-9-15-18(24-7-6-21-14(11-24)5-8-25-2)22-16-4-3-13(20)10-17(16)23-19(15)26-12;;/h3-4,9-10,14,21,23H,5-8,11H2,1-2H3;2*1H/t14-;;/m0../s1. The summed E-state index contributed by atoms with van der Waals surface area (Å²) < 4.78 is 18.9. The highest BCUT2D eigenvalue weighted by Crippen LogP contribution is 2.39. The summed E-state index contributed by atoms with van der Waals surface area (Å²) in [6, 6.07) is 7.26. The molecule has 3 heterocycles. The molecule has 1 saturated heterocycles. The number of thiophene rings is 1. The van der Waals surface area contributed by atoms with Crippen molar-refractivity contribution in [2.75, 3.05) is 38.7 Å². The van der Waals surface area contributed by atoms with Crippen molar-refractivity contribution in [1.82, 2.24) is 10.2 Å². The van der Waals surface area contributed by atoms with Gasteiger partial charge >= 0.3 is 0 Å². The van der Waals surface area contributed by atoms with Gasteiger partial charge in [0.05, 0.1) is 16.9 Å². The van der Waals surface area contributed by atoms with E-state index < -0.39 is 0 Å². The smallest absolute Gasteiger partial charge is 0.139 e. The van der Waals surface area contributed by atoms with Crippen molar-refractivity contribution in [3.05, 3.63) is 40.5 Å². The van der Waals surface area contributed by atoms with E-state index in [1.807, 2.05) is 0 Å². The second kappa shape index (κ2) is 9.89. The lowest BCUT2D eigenvalue weighted by Gasteiger charge is -2.35. The van der Waals surface area contributed by atoms with Crippen molar-refractivity contribution in [3.63, 3.8) is 0 Å². The average Bonchev–Trinajstić information content (AvgIpc) is 2.92. The number of hydrogen-bond acceptors (Lipinski definition) is 6. The van der Waals surface area contributed by atoms with Crippen LogP contribution in [0.15, 0.2) is 29.3 Å². The van der Waals surface area contributed by atoms with E-state index in [4.69, 9.17) is 9.73 Å². The lowest BCUT2D eigenvalue weighted by atomic mass is 10.1. The van der Waals surface area contributed by atoms with Crippen LogP contribution in [0.3, 0.4) is 0 Å². The second-order valence-corrected chi connectivity index (χ2v) is 7.96. The molecule has 0 saturated carbocycles. The summed E-state index contributed by atoms with van der Waals surface area (Å²) in [5.74, 6) is 0.706. The summed E-state index contributed by atoms with van der Waals surface area (Å²) in [6.45, 7) is 5.52. The molecule has 0 radical (unpaired) electrons. The van der Waals surface area contributed by atoms with Crippen LogP contribution in [0, 0.1) is 12.7 Å². The maximum absolute atomic E-state index is 13.7. The number of anilines is 2. The van der Waals surface area contributed by atoms with Crippen LogP contribution in [0.25, 0.3) is 0 Å². The van der Waals surface area contributed by atoms with Crippen LogP contribution in [0.4, 0.5) is 20.8 Å². The monoisotopic (exact) mass is 446 g/mol. The van der Waals surface area contributed by atoms with E-state index in [0.29, 0.717) is 11.7 Å². The third-order valence-electron chi connectivity index (χ3n) is 4.75. The van der Waals surface area contributed by atoms with E-state index in [1.54, 1.807) is 24.5 Å². The van der Waals surface area contributed by atoms with Gasteiger partial charge in [-0.3, -0.25) is 0 Å². The quantitative estimate of drug-likeness (QED) is 0.729. The molecule has 0 unspecified atom stereocenters. The SMILES string of the molecule is COCC[C@H]1CN(C2=Nc3ccc(F)cc3Nc3sc(C)cc32)CCN1.Cl.Cl. The number of hydrogen-bond donors (Lipinski definition) is 2. The highest BCUT2D eigenvalue weighted by molar-refractivity contribution is 7.16. The Kier molecular flexibility index (Phi) is 8.09. The lowest BCUT2D eigenvalue weighted by molar-refractivity contribution is 0.168. The van der Waals surface area contributed by atoms with Gasteiger partial charge < -0.3 is 20.3 Å². The van der Waals surface area contributed by atoms with Gasteiger partial charge in [0, 0.05) is 44.3 Å². The summed E-state index contributed by atoms with van der Waals surface area (Å²) in [5.41, 5.74) is 2.58. The molecular formula is C19H25Cl2FN4OS. The predicted octanol–water partition coefficient (Wildman–Crippen LogP) is 4.48. The topological polar surface area (TPSA) is 48.9 Å². The van der Waals surface area contributed by atoms with E-state index in [1.165, 1.54) is 17.0 Å². The number of nitrogens with one attached hydrogen (secondary N) is 2. The molecule has 2 N–H and O–H groups in total. The number of methoxy groups -OCH3 is 1. The second-order valence-electron chi connectivity index (χ2n) is 6.70. The van der Waals surface area contributed by atoms with Crippen LogP contribution in [0.1, 0.15) is 16.9 Å². The van der Waals surface area contributed by atoms with Crippen molar-refractivity contribution in [2.45, 2.75) is 19.4 Å². The molecule has 0 spiro atoms. The summed E-state index contributed by atoms with van der Waals surface area (Å²) in [4.78, 5) is 8.48. The molecule has 28 heavy (non-hydrogen) atoms. The van der Waals surface area contributed by atoms with Gasteiger partial charge in [-0.05, 0) is 37.6 Å². The molecule has 0 bridgehead atoms. The molecule has 1 aromatic carbocycles. The molecular weight excluding hydrogens is 422 g/mol. The minimum Gasteiger partial charge on any atom is -0.385 e. The first-order valence-electron chi connectivity index (χ1n) is 8.87. The van der Waals surface area contributed by atoms with Crippen LogP contribution in [-0.4, -0.2) is 50.1 Å². The maximum atomic E-state index is 13.7. The van der Waals surface area contributed by atoms with E-state index >= 15 is 0 Å². The van der Waals surface area contributed by atoms with Gasteiger partial charge in [-0.2, -0.15) is 0 Å². The van der Waals surface area contributed by atoms with Crippen molar-refractivity contribution in [3.8, 4) is 0 Å². The summed E-state index contributed by atoms with van der Waals surface area (Å²) in [6.07, 6.45) is 0.968. The molecule has 5 nitrogen and oxygen atoms in total. The molecule has 2 aliphatic rings. The number of benzene rings is 1. The molecule has 1 atom stereocenters. The van der Waals surface area contributed by atoms with E-state index in [9.17, 15) is 4.39 Å². The molecule has 4 rings (SSSR count). The van der Waals surface area contributed by atoms with Crippen molar-refractivity contribution in [2.24, 2.45) is 4.99 Å². The normalized spacial score (nSPS) is 17.9. The first-order chi connectivity index (χ1) is 12.6. The Bertz CT molecular complexity index is 845. The van der Waals surface area contributed by atoms with Gasteiger partial charge in [-0.25, -0.2) is 9.38 Å². The van der Waals surface area contributed by atoms with Crippen LogP contribution in [0.5, 0.6) is 0 Å². The number of halogens is 3. The van der Waals surface area contributed by atoms with Crippen molar-refractivity contribution >= 4 is 58.4 Å². The van der Waals surface area contributed by atoms with Gasteiger partial charge in [0.1, 0.15) is 16.7 Å². The minimum atomic E-state index is -0.258. The van der Waals surface area contributed by atoms with Gasteiger partial charge in [0.2, 0.25) is 0 Å². The number of aryl methyl sites for hydroxylation is 1. The minimum absolute atomic E-state index is 0. The molecule has 2 aromatic rings. The van der Waals surface area contributed by atoms with E-state index in [0.717, 1.165) is 54.7 Å². The molecule has 0 aliphatic carbocycles. The molecule has 1 fully saturated rings. The Labute approximate surface area is 181 Å². The number of fused-ring (bicyclic) bond motifs is 2. The molecule has 154 valence electrons. The van der Waals surface area contributed by atoms with Gasteiger partial charge in [-0.1, -0.05) is 0 Å². The summed E-state index contributed by atoms with van der Waals surface area (Å²) in [5, 5.41) is 7.96. The van der Waals surface area contributed by atoms with E-state index in [2.05, 4.69) is 28.5 Å². The summed E-state index contributed by atoms with van der Waals surface area (Å²) in [7, 11) is 1.73. The van der Waals surface area contributed by atoms with Gasteiger partial charge in [0.15, 0.2) is 0 Å². The molecule has 1 aromatic heterocycles. The lowest BCUT2D eigenvalue weighted by Crippen LogP contribution is -2.53. The Balaban J connectivity index is 0.00000140. The molecule has 9 heteroatoms. The Hall–Kier alpha value is -1.38. The zero-order valence-corrected chi connectivity index (χ0v) is 18.3. The first kappa shape index (κ1) is 22.9. The van der Waals surface area contributed by atoms with Crippen molar-refractivity contribution < 1.29 is 9.13 Å². The third kappa shape index (κ3) is 4.78. The Morgan fingerprint density at radius 3 is 2.93 bits per heavy atom. The highest BCUT2D eigenvalue weighted by atomic mass is 35.5. The molecule has 2 aliphatic heterocycles. The van der Waals surface area contributed by atoms with E-state index in [-0.39, 0.29) is 30.6 Å².